The predicted octanol–water partition coefficient (Wildman–Crippen LogP) is 2.53. The van der Waals surface area contributed by atoms with Crippen molar-refractivity contribution in [1.29, 1.82) is 0 Å². The van der Waals surface area contributed by atoms with Crippen LogP contribution in [-0.4, -0.2) is 37.1 Å². The molecule has 98 valence electrons. The number of hydrogen-bond donors (Lipinski definition) is 0. The van der Waals surface area contributed by atoms with Crippen LogP contribution >= 0.6 is 22.6 Å². The number of carbonyl (C=O) groups is 1. The molecule has 1 aliphatic heterocycles. The summed E-state index contributed by atoms with van der Waals surface area (Å²) >= 11 is 2.10. The number of halogens is 1. The Kier molecular flexibility index (Phi) is 4.82. The van der Waals surface area contributed by atoms with Gasteiger partial charge in [0, 0.05) is 26.3 Å². The van der Waals surface area contributed by atoms with Crippen molar-refractivity contribution in [2.75, 3.05) is 20.2 Å². The number of hydrogen-bond acceptors (Lipinski definition) is 3. The summed E-state index contributed by atoms with van der Waals surface area (Å²) < 4.78 is 11.5. The van der Waals surface area contributed by atoms with Gasteiger partial charge in [0.15, 0.2) is 3.77 Å². The number of likely N-dealkylation sites (tertiary alicyclic amines) is 1. The third kappa shape index (κ3) is 3.58. The number of rotatable bonds is 3. The van der Waals surface area contributed by atoms with E-state index >= 15 is 0 Å². The normalized spacial score (nSPS) is 17.6. The second-order valence-corrected chi connectivity index (χ2v) is 5.30. The lowest BCUT2D eigenvalue weighted by molar-refractivity contribution is -0.128. The molecule has 0 radical (unpaired) electrons. The van der Waals surface area contributed by atoms with E-state index in [2.05, 4.69) is 22.6 Å². The van der Waals surface area contributed by atoms with Gasteiger partial charge in [0.2, 0.25) is 5.91 Å². The van der Waals surface area contributed by atoms with Gasteiger partial charge in [-0.15, -0.1) is 0 Å². The Balaban J connectivity index is 1.87. The molecule has 0 N–H and O–H groups in total. The lowest BCUT2D eigenvalue weighted by Gasteiger charge is -2.30. The van der Waals surface area contributed by atoms with Crippen molar-refractivity contribution in [2.24, 2.45) is 0 Å². The van der Waals surface area contributed by atoms with Gasteiger partial charge in [-0.3, -0.25) is 4.79 Å². The van der Waals surface area contributed by atoms with Gasteiger partial charge in [-0.05, 0) is 53.6 Å². The molecule has 2 rings (SSSR count). The highest BCUT2D eigenvalue weighted by Gasteiger charge is 2.20. The maximum atomic E-state index is 11.9. The summed E-state index contributed by atoms with van der Waals surface area (Å²) in [7, 11) is 1.72. The number of nitrogens with zero attached hydrogens (tertiary/aromatic N) is 1. The first kappa shape index (κ1) is 13.6. The number of carbonyl (C=O) groups excluding carboxylic acids is 1. The van der Waals surface area contributed by atoms with E-state index < -0.39 is 0 Å². The maximum absolute atomic E-state index is 11.9. The highest BCUT2D eigenvalue weighted by Crippen LogP contribution is 2.14. The highest BCUT2D eigenvalue weighted by atomic mass is 127. The molecule has 0 aromatic carbocycles. The zero-order valence-electron chi connectivity index (χ0n) is 10.3. The minimum Gasteiger partial charge on any atom is -0.451 e. The number of piperidine rings is 1. The third-order valence-electron chi connectivity index (χ3n) is 3.07. The molecular formula is C13H16INO3. The average molecular weight is 361 g/mol. The quantitative estimate of drug-likeness (QED) is 0.614. The molecule has 0 aliphatic carbocycles. The standard InChI is InChI=1S/C13H16INO3/c1-17-10-6-8-15(9-7-10)13(16)5-3-11-2-4-12(14)18-11/h2-5,10H,6-9H2,1H3. The van der Waals surface area contributed by atoms with Gasteiger partial charge in [-0.2, -0.15) is 0 Å². The highest BCUT2D eigenvalue weighted by molar-refractivity contribution is 14.1. The van der Waals surface area contributed by atoms with Crippen molar-refractivity contribution < 1.29 is 13.9 Å². The molecule has 1 aromatic rings. The number of amides is 1. The van der Waals surface area contributed by atoms with E-state index in [0.29, 0.717) is 11.9 Å². The van der Waals surface area contributed by atoms with Gasteiger partial charge in [0.25, 0.3) is 0 Å². The molecule has 1 amide bonds. The molecular weight excluding hydrogens is 345 g/mol. The van der Waals surface area contributed by atoms with Crippen LogP contribution in [0.1, 0.15) is 18.6 Å². The fourth-order valence-corrected chi connectivity index (χ4v) is 2.42. The van der Waals surface area contributed by atoms with Crippen LogP contribution in [0.25, 0.3) is 6.08 Å². The monoisotopic (exact) mass is 361 g/mol. The van der Waals surface area contributed by atoms with Gasteiger partial charge in [0.05, 0.1) is 6.10 Å². The van der Waals surface area contributed by atoms with E-state index in [0.717, 1.165) is 29.7 Å². The fourth-order valence-electron chi connectivity index (χ4n) is 1.99. The Bertz CT molecular complexity index is 433. The van der Waals surface area contributed by atoms with Crippen LogP contribution < -0.4 is 0 Å². The van der Waals surface area contributed by atoms with Crippen molar-refractivity contribution in [2.45, 2.75) is 18.9 Å². The zero-order chi connectivity index (χ0) is 13.0. The van der Waals surface area contributed by atoms with Crippen molar-refractivity contribution in [3.8, 4) is 0 Å². The summed E-state index contributed by atoms with van der Waals surface area (Å²) in [5, 5.41) is 0. The molecule has 18 heavy (non-hydrogen) atoms. The fraction of sp³-hybridized carbons (Fsp3) is 0.462. The Morgan fingerprint density at radius 3 is 2.78 bits per heavy atom. The molecule has 0 spiro atoms. The van der Waals surface area contributed by atoms with E-state index in [1.807, 2.05) is 17.0 Å². The molecule has 1 aliphatic rings. The summed E-state index contributed by atoms with van der Waals surface area (Å²) in [6.45, 7) is 1.52. The largest absolute Gasteiger partial charge is 0.451 e. The summed E-state index contributed by atoms with van der Waals surface area (Å²) in [5.74, 6) is 0.746. The van der Waals surface area contributed by atoms with Crippen LogP contribution in [0.2, 0.25) is 0 Å². The van der Waals surface area contributed by atoms with Crippen molar-refractivity contribution in [3.63, 3.8) is 0 Å². The molecule has 4 nitrogen and oxygen atoms in total. The Morgan fingerprint density at radius 1 is 1.50 bits per heavy atom. The van der Waals surface area contributed by atoms with Crippen LogP contribution in [0.4, 0.5) is 0 Å². The second kappa shape index (κ2) is 6.38. The maximum Gasteiger partial charge on any atom is 0.246 e. The average Bonchev–Trinajstić information content (AvgIpc) is 2.82. The van der Waals surface area contributed by atoms with Gasteiger partial charge in [-0.25, -0.2) is 0 Å². The predicted molar refractivity (Wildman–Crippen MR) is 77.1 cm³/mol. The van der Waals surface area contributed by atoms with Crippen LogP contribution in [0, 0.1) is 3.77 Å². The summed E-state index contributed by atoms with van der Waals surface area (Å²) in [5.41, 5.74) is 0. The van der Waals surface area contributed by atoms with Gasteiger partial charge in [0.1, 0.15) is 5.76 Å². The minimum atomic E-state index is 0.0379. The molecule has 0 saturated carbocycles. The van der Waals surface area contributed by atoms with Crippen molar-refractivity contribution in [1.82, 2.24) is 4.90 Å². The summed E-state index contributed by atoms with van der Waals surface area (Å²) in [6, 6.07) is 3.72. The molecule has 2 heterocycles. The van der Waals surface area contributed by atoms with E-state index in [1.54, 1.807) is 19.3 Å². The molecule has 1 fully saturated rings. The molecule has 0 atom stereocenters. The number of methoxy groups -OCH3 is 1. The second-order valence-electron chi connectivity index (χ2n) is 4.24. The topological polar surface area (TPSA) is 42.7 Å². The first-order valence-corrected chi connectivity index (χ1v) is 7.02. The van der Waals surface area contributed by atoms with Crippen LogP contribution in [0.5, 0.6) is 0 Å². The smallest absolute Gasteiger partial charge is 0.246 e. The van der Waals surface area contributed by atoms with Crippen molar-refractivity contribution >= 4 is 34.6 Å². The van der Waals surface area contributed by atoms with Gasteiger partial charge >= 0.3 is 0 Å². The molecule has 0 unspecified atom stereocenters. The lowest BCUT2D eigenvalue weighted by atomic mass is 10.1. The lowest BCUT2D eigenvalue weighted by Crippen LogP contribution is -2.39. The SMILES string of the molecule is COC1CCN(C(=O)C=Cc2ccc(I)o2)CC1. The summed E-state index contributed by atoms with van der Waals surface area (Å²) in [4.78, 5) is 13.8. The zero-order valence-corrected chi connectivity index (χ0v) is 12.4. The van der Waals surface area contributed by atoms with Crippen LogP contribution in [0.15, 0.2) is 22.6 Å². The molecule has 5 heteroatoms. The third-order valence-corrected chi connectivity index (χ3v) is 3.65. The first-order chi connectivity index (χ1) is 8.69. The summed E-state index contributed by atoms with van der Waals surface area (Å²) in [6.07, 6.45) is 5.41. The van der Waals surface area contributed by atoms with Crippen LogP contribution in [0.3, 0.4) is 0 Å². The van der Waals surface area contributed by atoms with Gasteiger partial charge in [-0.1, -0.05) is 0 Å². The Morgan fingerprint density at radius 2 is 2.22 bits per heavy atom. The number of furan rings is 1. The van der Waals surface area contributed by atoms with E-state index in [9.17, 15) is 4.79 Å². The van der Waals surface area contributed by atoms with E-state index in [-0.39, 0.29) is 5.91 Å². The van der Waals surface area contributed by atoms with Crippen molar-refractivity contribution in [3.05, 3.63) is 27.7 Å². The van der Waals surface area contributed by atoms with Gasteiger partial charge < -0.3 is 14.1 Å². The molecule has 1 saturated heterocycles. The Labute approximate surface area is 120 Å². The van der Waals surface area contributed by atoms with Crippen LogP contribution in [-0.2, 0) is 9.53 Å². The molecule has 1 aromatic heterocycles. The van der Waals surface area contributed by atoms with E-state index in [4.69, 9.17) is 9.15 Å². The Hall–Kier alpha value is -0.820. The first-order valence-electron chi connectivity index (χ1n) is 5.94. The number of ether oxygens (including phenoxy) is 1. The molecule has 0 bridgehead atoms. The van der Waals surface area contributed by atoms with E-state index in [1.165, 1.54) is 0 Å². The minimum absolute atomic E-state index is 0.0379.